The number of aromatic nitrogens is 1. The maximum Gasteiger partial charge on any atom is 0.354 e. The summed E-state index contributed by atoms with van der Waals surface area (Å²) in [6, 6.07) is 3.53. The zero-order chi connectivity index (χ0) is 10.6. The van der Waals surface area contributed by atoms with Gasteiger partial charge in [-0.1, -0.05) is 0 Å². The normalized spacial score (nSPS) is 9.86. The van der Waals surface area contributed by atoms with Crippen LogP contribution < -0.4 is 0 Å². The van der Waals surface area contributed by atoms with E-state index in [9.17, 15) is 9.59 Å². The Morgan fingerprint density at radius 1 is 1.57 bits per heavy atom. The third-order valence-electron chi connectivity index (χ3n) is 2.14. The fourth-order valence-corrected chi connectivity index (χ4v) is 1.32. The molecule has 0 bridgehead atoms. The van der Waals surface area contributed by atoms with Gasteiger partial charge in [-0.3, -0.25) is 0 Å². The van der Waals surface area contributed by atoms with Crippen LogP contribution in [-0.2, 0) is 23.0 Å². The first kappa shape index (κ1) is 10.5. The molecule has 4 nitrogen and oxygen atoms in total. The molecule has 0 amide bonds. The number of aldehydes is 1. The van der Waals surface area contributed by atoms with Crippen molar-refractivity contribution in [2.24, 2.45) is 7.05 Å². The van der Waals surface area contributed by atoms with Gasteiger partial charge in [0.2, 0.25) is 0 Å². The van der Waals surface area contributed by atoms with Gasteiger partial charge in [0, 0.05) is 19.2 Å². The van der Waals surface area contributed by atoms with Gasteiger partial charge < -0.3 is 14.1 Å². The molecule has 0 fully saturated rings. The summed E-state index contributed by atoms with van der Waals surface area (Å²) >= 11 is 0. The van der Waals surface area contributed by atoms with E-state index < -0.39 is 0 Å². The van der Waals surface area contributed by atoms with Crippen molar-refractivity contribution >= 4 is 12.3 Å². The summed E-state index contributed by atoms with van der Waals surface area (Å²) in [5.74, 6) is -0.357. The number of carbonyl (C=O) groups is 2. The van der Waals surface area contributed by atoms with E-state index >= 15 is 0 Å². The summed E-state index contributed by atoms with van der Waals surface area (Å²) in [7, 11) is 3.13. The number of aryl methyl sites for hydroxylation is 1. The molecule has 76 valence electrons. The first-order chi connectivity index (χ1) is 6.70. The van der Waals surface area contributed by atoms with Gasteiger partial charge in [0.25, 0.3) is 0 Å². The minimum atomic E-state index is -0.357. The molecule has 1 aromatic heterocycles. The summed E-state index contributed by atoms with van der Waals surface area (Å²) in [5, 5.41) is 0. The van der Waals surface area contributed by atoms with Crippen LogP contribution in [0.5, 0.6) is 0 Å². The Bertz CT molecular complexity index is 341. The Morgan fingerprint density at radius 3 is 2.86 bits per heavy atom. The van der Waals surface area contributed by atoms with Crippen molar-refractivity contribution in [3.63, 3.8) is 0 Å². The van der Waals surface area contributed by atoms with E-state index in [1.54, 1.807) is 17.7 Å². The molecule has 1 rings (SSSR count). The van der Waals surface area contributed by atoms with Gasteiger partial charge in [0.05, 0.1) is 7.11 Å². The van der Waals surface area contributed by atoms with Crippen LogP contribution >= 0.6 is 0 Å². The smallest absolute Gasteiger partial charge is 0.354 e. The highest BCUT2D eigenvalue weighted by Crippen LogP contribution is 2.09. The first-order valence-electron chi connectivity index (χ1n) is 4.37. The number of nitrogens with zero attached hydrogens (tertiary/aromatic N) is 1. The molecule has 0 saturated heterocycles. The SMILES string of the molecule is COC(=O)c1ccc(CCC=O)n1C. The van der Waals surface area contributed by atoms with Crippen molar-refractivity contribution in [1.29, 1.82) is 0 Å². The fourth-order valence-electron chi connectivity index (χ4n) is 1.32. The van der Waals surface area contributed by atoms with Crippen LogP contribution in [0.3, 0.4) is 0 Å². The Kier molecular flexibility index (Phi) is 3.45. The lowest BCUT2D eigenvalue weighted by Crippen LogP contribution is -2.09. The second-order valence-corrected chi connectivity index (χ2v) is 2.97. The Morgan fingerprint density at radius 2 is 2.29 bits per heavy atom. The standard InChI is InChI=1S/C10H13NO3/c1-11-8(4-3-7-12)5-6-9(11)10(13)14-2/h5-7H,3-4H2,1-2H3. The molecule has 1 aromatic rings. The molecule has 0 saturated carbocycles. The lowest BCUT2D eigenvalue weighted by molar-refractivity contribution is -0.107. The summed E-state index contributed by atoms with van der Waals surface area (Å²) in [6.45, 7) is 0. The van der Waals surface area contributed by atoms with Crippen LogP contribution in [0.25, 0.3) is 0 Å². The summed E-state index contributed by atoms with van der Waals surface area (Å²) in [6.07, 6.45) is 1.99. The predicted molar refractivity (Wildman–Crippen MR) is 51.1 cm³/mol. The van der Waals surface area contributed by atoms with Crippen molar-refractivity contribution in [1.82, 2.24) is 4.57 Å². The Balaban J connectivity index is 2.84. The third-order valence-corrected chi connectivity index (χ3v) is 2.14. The van der Waals surface area contributed by atoms with Crippen LogP contribution in [0.15, 0.2) is 12.1 Å². The van der Waals surface area contributed by atoms with Gasteiger partial charge in [-0.2, -0.15) is 0 Å². The average Bonchev–Trinajstić information content (AvgIpc) is 2.56. The maximum atomic E-state index is 11.2. The van der Waals surface area contributed by atoms with Crippen molar-refractivity contribution in [2.45, 2.75) is 12.8 Å². The van der Waals surface area contributed by atoms with Gasteiger partial charge in [0.15, 0.2) is 0 Å². The molecule has 4 heteroatoms. The number of hydrogen-bond acceptors (Lipinski definition) is 3. The summed E-state index contributed by atoms with van der Waals surface area (Å²) in [5.41, 5.74) is 1.46. The van der Waals surface area contributed by atoms with Gasteiger partial charge in [-0.05, 0) is 18.6 Å². The molecule has 0 spiro atoms. The van der Waals surface area contributed by atoms with E-state index in [1.807, 2.05) is 6.07 Å². The topological polar surface area (TPSA) is 48.3 Å². The van der Waals surface area contributed by atoms with E-state index in [0.717, 1.165) is 12.0 Å². The molecule has 0 aliphatic heterocycles. The highest BCUT2D eigenvalue weighted by Gasteiger charge is 2.11. The maximum absolute atomic E-state index is 11.2. The van der Waals surface area contributed by atoms with E-state index in [2.05, 4.69) is 4.74 Å². The minimum absolute atomic E-state index is 0.357. The minimum Gasteiger partial charge on any atom is -0.464 e. The number of carbonyl (C=O) groups excluding carboxylic acids is 2. The number of ether oxygens (including phenoxy) is 1. The van der Waals surface area contributed by atoms with Crippen LogP contribution in [0.4, 0.5) is 0 Å². The number of esters is 1. The van der Waals surface area contributed by atoms with Crippen molar-refractivity contribution in [3.05, 3.63) is 23.5 Å². The quantitative estimate of drug-likeness (QED) is 0.530. The molecule has 0 aliphatic carbocycles. The predicted octanol–water partition coefficient (Wildman–Crippen LogP) is 0.943. The fraction of sp³-hybridized carbons (Fsp3) is 0.400. The van der Waals surface area contributed by atoms with E-state index in [4.69, 9.17) is 0 Å². The summed E-state index contributed by atoms with van der Waals surface area (Å²) < 4.78 is 6.35. The van der Waals surface area contributed by atoms with E-state index in [-0.39, 0.29) is 5.97 Å². The molecule has 0 aliphatic rings. The van der Waals surface area contributed by atoms with Crippen molar-refractivity contribution in [3.8, 4) is 0 Å². The van der Waals surface area contributed by atoms with Gasteiger partial charge in [0.1, 0.15) is 12.0 Å². The van der Waals surface area contributed by atoms with E-state index in [1.165, 1.54) is 7.11 Å². The van der Waals surface area contributed by atoms with Crippen LogP contribution in [0.1, 0.15) is 22.6 Å². The highest BCUT2D eigenvalue weighted by molar-refractivity contribution is 5.87. The first-order valence-corrected chi connectivity index (χ1v) is 4.37. The third kappa shape index (κ3) is 2.02. The molecule has 0 radical (unpaired) electrons. The second-order valence-electron chi connectivity index (χ2n) is 2.97. The number of rotatable bonds is 4. The molecule has 0 N–H and O–H groups in total. The van der Waals surface area contributed by atoms with Crippen molar-refractivity contribution < 1.29 is 14.3 Å². The van der Waals surface area contributed by atoms with E-state index in [0.29, 0.717) is 18.5 Å². The Labute approximate surface area is 82.5 Å². The van der Waals surface area contributed by atoms with Gasteiger partial charge in [-0.15, -0.1) is 0 Å². The van der Waals surface area contributed by atoms with Crippen LogP contribution in [-0.4, -0.2) is 23.9 Å². The largest absolute Gasteiger partial charge is 0.464 e. The molecule has 14 heavy (non-hydrogen) atoms. The zero-order valence-corrected chi connectivity index (χ0v) is 8.32. The summed E-state index contributed by atoms with van der Waals surface area (Å²) in [4.78, 5) is 21.4. The van der Waals surface area contributed by atoms with Gasteiger partial charge >= 0.3 is 5.97 Å². The molecule has 0 aromatic carbocycles. The number of hydrogen-bond donors (Lipinski definition) is 0. The van der Waals surface area contributed by atoms with Crippen molar-refractivity contribution in [2.75, 3.05) is 7.11 Å². The van der Waals surface area contributed by atoms with Crippen LogP contribution in [0, 0.1) is 0 Å². The molecular formula is C10H13NO3. The second kappa shape index (κ2) is 4.60. The number of methoxy groups -OCH3 is 1. The molecular weight excluding hydrogens is 182 g/mol. The average molecular weight is 195 g/mol. The lowest BCUT2D eigenvalue weighted by Gasteiger charge is -2.04. The molecule has 1 heterocycles. The van der Waals surface area contributed by atoms with Crippen LogP contribution in [0.2, 0.25) is 0 Å². The highest BCUT2D eigenvalue weighted by atomic mass is 16.5. The Hall–Kier alpha value is -1.58. The zero-order valence-electron chi connectivity index (χ0n) is 8.32. The monoisotopic (exact) mass is 195 g/mol. The lowest BCUT2D eigenvalue weighted by atomic mass is 10.2. The molecule has 0 unspecified atom stereocenters. The molecule has 0 atom stereocenters. The van der Waals surface area contributed by atoms with Gasteiger partial charge in [-0.25, -0.2) is 4.79 Å².